The third kappa shape index (κ3) is 2.62. The van der Waals surface area contributed by atoms with Gasteiger partial charge in [-0.05, 0) is 25.1 Å². The van der Waals surface area contributed by atoms with Crippen molar-refractivity contribution >= 4 is 5.69 Å². The summed E-state index contributed by atoms with van der Waals surface area (Å²) in [6, 6.07) is 8.07. The molecule has 0 amide bonds. The summed E-state index contributed by atoms with van der Waals surface area (Å²) in [7, 11) is 0. The van der Waals surface area contributed by atoms with E-state index in [9.17, 15) is 4.39 Å². The quantitative estimate of drug-likeness (QED) is 0.670. The molecule has 0 unspecified atom stereocenters. The monoisotopic (exact) mass is 280 g/mol. The number of hydrogen-bond donors (Lipinski definition) is 0. The number of pyridine rings is 1. The fourth-order valence-electron chi connectivity index (χ4n) is 1.90. The fourth-order valence-corrected chi connectivity index (χ4v) is 1.90. The molecule has 0 aliphatic carbocycles. The zero-order valence-corrected chi connectivity index (χ0v) is 11.0. The largest absolute Gasteiger partial charge is 0.332 e. The Kier molecular flexibility index (Phi) is 3.16. The van der Waals surface area contributed by atoms with Gasteiger partial charge in [0.2, 0.25) is 5.82 Å². The van der Waals surface area contributed by atoms with E-state index >= 15 is 0 Å². The second-order valence-corrected chi connectivity index (χ2v) is 4.45. The van der Waals surface area contributed by atoms with Crippen molar-refractivity contribution in [2.45, 2.75) is 6.92 Å². The van der Waals surface area contributed by atoms with E-state index < -0.39 is 5.82 Å². The number of aryl methyl sites for hydroxylation is 1. The molecule has 102 valence electrons. The van der Waals surface area contributed by atoms with Crippen molar-refractivity contribution in [3.8, 4) is 23.0 Å². The van der Waals surface area contributed by atoms with Gasteiger partial charge in [0.05, 0.1) is 12.8 Å². The van der Waals surface area contributed by atoms with Crippen LogP contribution >= 0.6 is 0 Å². The molecule has 0 saturated heterocycles. The number of rotatable bonds is 2. The smallest absolute Gasteiger partial charge is 0.276 e. The van der Waals surface area contributed by atoms with Crippen LogP contribution in [0.1, 0.15) is 5.56 Å². The summed E-state index contributed by atoms with van der Waals surface area (Å²) in [6.45, 7) is 8.96. The molecular weight excluding hydrogens is 271 g/mol. The first kappa shape index (κ1) is 12.9. The summed E-state index contributed by atoms with van der Waals surface area (Å²) in [4.78, 5) is 11.5. The molecule has 5 nitrogen and oxygen atoms in total. The predicted molar refractivity (Wildman–Crippen MR) is 73.9 cm³/mol. The molecule has 0 N–H and O–H groups in total. The summed E-state index contributed by atoms with van der Waals surface area (Å²) in [6.07, 6.45) is 1.09. The summed E-state index contributed by atoms with van der Waals surface area (Å²) < 4.78 is 18.0. The van der Waals surface area contributed by atoms with E-state index in [1.807, 2.05) is 13.0 Å². The van der Waals surface area contributed by atoms with E-state index in [1.54, 1.807) is 12.1 Å². The Bertz CT molecular complexity index is 834. The van der Waals surface area contributed by atoms with Crippen LogP contribution in [0.3, 0.4) is 0 Å². The number of nitrogens with zero attached hydrogens (tertiary/aromatic N) is 4. The lowest BCUT2D eigenvalue weighted by Crippen LogP contribution is -1.85. The highest BCUT2D eigenvalue weighted by atomic mass is 19.1. The van der Waals surface area contributed by atoms with Crippen LogP contribution in [0.2, 0.25) is 0 Å². The Hall–Kier alpha value is -3.07. The van der Waals surface area contributed by atoms with Crippen LogP contribution in [-0.2, 0) is 0 Å². The Morgan fingerprint density at radius 3 is 2.81 bits per heavy atom. The lowest BCUT2D eigenvalue weighted by atomic mass is 10.1. The second-order valence-electron chi connectivity index (χ2n) is 4.45. The second kappa shape index (κ2) is 5.13. The van der Waals surface area contributed by atoms with Gasteiger partial charge >= 0.3 is 0 Å². The molecule has 1 aromatic carbocycles. The third-order valence-corrected chi connectivity index (χ3v) is 2.82. The first-order valence-corrected chi connectivity index (χ1v) is 6.11. The molecule has 0 atom stereocenters. The Morgan fingerprint density at radius 2 is 2.10 bits per heavy atom. The molecule has 0 radical (unpaired) electrons. The Labute approximate surface area is 119 Å². The maximum atomic E-state index is 12.8. The van der Waals surface area contributed by atoms with E-state index in [0.717, 1.165) is 11.8 Å². The molecule has 0 fully saturated rings. The molecule has 2 aromatic heterocycles. The number of benzene rings is 1. The maximum Gasteiger partial charge on any atom is 0.276 e. The van der Waals surface area contributed by atoms with Crippen LogP contribution in [-0.4, -0.2) is 15.1 Å². The minimum absolute atomic E-state index is 0.205. The average Bonchev–Trinajstić information content (AvgIpc) is 2.97. The lowest BCUT2D eigenvalue weighted by Gasteiger charge is -1.98. The van der Waals surface area contributed by atoms with Crippen molar-refractivity contribution in [3.63, 3.8) is 0 Å². The molecule has 0 aliphatic rings. The van der Waals surface area contributed by atoms with Crippen LogP contribution in [0, 0.1) is 19.3 Å². The first-order chi connectivity index (χ1) is 10.2. The summed E-state index contributed by atoms with van der Waals surface area (Å²) >= 11 is 0. The molecule has 0 aliphatic heterocycles. The van der Waals surface area contributed by atoms with Gasteiger partial charge in [0.1, 0.15) is 11.5 Å². The van der Waals surface area contributed by atoms with Gasteiger partial charge in [-0.25, -0.2) is 14.2 Å². The highest BCUT2D eigenvalue weighted by Crippen LogP contribution is 2.26. The van der Waals surface area contributed by atoms with Crippen LogP contribution in [0.5, 0.6) is 0 Å². The molecular formula is C15H9FN4O. The zero-order chi connectivity index (χ0) is 14.8. The van der Waals surface area contributed by atoms with E-state index in [2.05, 4.69) is 20.0 Å². The minimum atomic E-state index is -0.432. The summed E-state index contributed by atoms with van der Waals surface area (Å²) in [5.41, 5.74) is 2.53. The van der Waals surface area contributed by atoms with Gasteiger partial charge < -0.3 is 4.52 Å². The van der Waals surface area contributed by atoms with Crippen molar-refractivity contribution < 1.29 is 8.91 Å². The SMILES string of the molecule is [C-]#[N+]c1cc(C)cc(-c2noc(-c3ccc(F)cn3)n2)c1. The van der Waals surface area contributed by atoms with Crippen molar-refractivity contribution in [2.24, 2.45) is 0 Å². The lowest BCUT2D eigenvalue weighted by molar-refractivity contribution is 0.431. The van der Waals surface area contributed by atoms with Gasteiger partial charge in [-0.1, -0.05) is 22.9 Å². The maximum absolute atomic E-state index is 12.8. The highest BCUT2D eigenvalue weighted by Gasteiger charge is 2.12. The molecule has 2 heterocycles. The summed E-state index contributed by atoms with van der Waals surface area (Å²) in [5, 5.41) is 3.88. The molecule has 0 spiro atoms. The van der Waals surface area contributed by atoms with E-state index in [1.165, 1.54) is 12.1 Å². The van der Waals surface area contributed by atoms with Gasteiger partial charge in [-0.15, -0.1) is 0 Å². The third-order valence-electron chi connectivity index (χ3n) is 2.82. The molecule has 3 aromatic rings. The van der Waals surface area contributed by atoms with Gasteiger partial charge in [0, 0.05) is 5.56 Å². The normalized spacial score (nSPS) is 10.3. The van der Waals surface area contributed by atoms with Gasteiger partial charge in [-0.3, -0.25) is 0 Å². The van der Waals surface area contributed by atoms with Crippen molar-refractivity contribution in [1.29, 1.82) is 0 Å². The minimum Gasteiger partial charge on any atom is -0.332 e. The van der Waals surface area contributed by atoms with E-state index in [0.29, 0.717) is 22.8 Å². The van der Waals surface area contributed by atoms with Crippen LogP contribution in [0.25, 0.3) is 27.8 Å². The van der Waals surface area contributed by atoms with E-state index in [4.69, 9.17) is 11.1 Å². The Morgan fingerprint density at radius 1 is 1.24 bits per heavy atom. The first-order valence-electron chi connectivity index (χ1n) is 6.11. The summed E-state index contributed by atoms with van der Waals surface area (Å²) in [5.74, 6) is 0.138. The molecule has 6 heteroatoms. The van der Waals surface area contributed by atoms with Crippen molar-refractivity contribution in [1.82, 2.24) is 15.1 Å². The molecule has 0 saturated carbocycles. The number of halogens is 1. The van der Waals surface area contributed by atoms with Crippen molar-refractivity contribution in [3.05, 3.63) is 59.3 Å². The predicted octanol–water partition coefficient (Wildman–Crippen LogP) is 3.80. The number of aromatic nitrogens is 3. The average molecular weight is 280 g/mol. The molecule has 21 heavy (non-hydrogen) atoms. The van der Waals surface area contributed by atoms with E-state index in [-0.39, 0.29) is 5.89 Å². The Balaban J connectivity index is 2.00. The van der Waals surface area contributed by atoms with Crippen LogP contribution in [0.4, 0.5) is 10.1 Å². The number of hydrogen-bond acceptors (Lipinski definition) is 4. The van der Waals surface area contributed by atoms with Crippen LogP contribution in [0.15, 0.2) is 41.1 Å². The van der Waals surface area contributed by atoms with Crippen LogP contribution < -0.4 is 0 Å². The highest BCUT2D eigenvalue weighted by molar-refractivity contribution is 5.65. The van der Waals surface area contributed by atoms with Gasteiger partial charge in [0.25, 0.3) is 5.89 Å². The van der Waals surface area contributed by atoms with Crippen molar-refractivity contribution in [2.75, 3.05) is 0 Å². The van der Waals surface area contributed by atoms with Gasteiger partial charge in [0.15, 0.2) is 5.69 Å². The molecule has 0 bridgehead atoms. The fraction of sp³-hybridized carbons (Fsp3) is 0.0667. The standard InChI is InChI=1S/C15H9FN4O/c1-9-5-10(7-12(6-9)17-2)14-19-15(21-20-14)13-4-3-11(16)8-18-13/h3-8H,1H3. The van der Waals surface area contributed by atoms with Gasteiger partial charge in [-0.2, -0.15) is 4.98 Å². The molecule has 3 rings (SSSR count). The zero-order valence-electron chi connectivity index (χ0n) is 11.0. The topological polar surface area (TPSA) is 56.2 Å².